The third kappa shape index (κ3) is 7.81. The van der Waals surface area contributed by atoms with Gasteiger partial charge in [-0.3, -0.25) is 14.4 Å². The number of ether oxygens (including phenoxy) is 1. The number of rotatable bonds is 11. The molecule has 0 bridgehead atoms. The highest BCUT2D eigenvalue weighted by Gasteiger charge is 2.32. The first-order valence-electron chi connectivity index (χ1n) is 9.49. The molecule has 1 amide bonds. The number of phenols is 1. The summed E-state index contributed by atoms with van der Waals surface area (Å²) < 4.78 is 5.15. The van der Waals surface area contributed by atoms with Gasteiger partial charge in [0.05, 0.1) is 0 Å². The lowest BCUT2D eigenvalue weighted by atomic mass is 10.00. The lowest BCUT2D eigenvalue weighted by Crippen LogP contribution is -2.47. The predicted octanol–water partition coefficient (Wildman–Crippen LogP) is 1.73. The van der Waals surface area contributed by atoms with E-state index in [1.807, 2.05) is 0 Å². The normalized spacial score (nSPS) is 12.4. The molecule has 2 rings (SSSR count). The Balaban J connectivity index is 2.08. The van der Waals surface area contributed by atoms with Gasteiger partial charge in [-0.25, -0.2) is 4.79 Å². The molecule has 2 aromatic rings. The Kier molecular flexibility index (Phi) is 8.56. The Hall–Kier alpha value is -3.88. The minimum Gasteiger partial charge on any atom is -0.508 e. The minimum absolute atomic E-state index is 0.00885. The summed E-state index contributed by atoms with van der Waals surface area (Å²) in [5.74, 6) is -5.85. The molecular formula is C22H23NO8. The maximum atomic E-state index is 12.7. The number of amides is 1. The Morgan fingerprint density at radius 1 is 0.903 bits per heavy atom. The van der Waals surface area contributed by atoms with Crippen LogP contribution in [0.15, 0.2) is 54.6 Å². The molecule has 0 aliphatic rings. The fourth-order valence-electron chi connectivity index (χ4n) is 2.79. The third-order valence-corrected chi connectivity index (χ3v) is 4.46. The average molecular weight is 429 g/mol. The van der Waals surface area contributed by atoms with Crippen LogP contribution in [0.3, 0.4) is 0 Å². The molecule has 0 spiro atoms. The highest BCUT2D eigenvalue weighted by Crippen LogP contribution is 2.15. The van der Waals surface area contributed by atoms with E-state index in [1.165, 1.54) is 24.3 Å². The van der Waals surface area contributed by atoms with E-state index in [0.717, 1.165) is 0 Å². The Morgan fingerprint density at radius 2 is 1.55 bits per heavy atom. The second-order valence-corrected chi connectivity index (χ2v) is 6.85. The molecule has 0 heterocycles. The summed E-state index contributed by atoms with van der Waals surface area (Å²) in [5, 5.41) is 30.0. The molecule has 0 saturated heterocycles. The van der Waals surface area contributed by atoms with Crippen LogP contribution in [0.5, 0.6) is 5.75 Å². The van der Waals surface area contributed by atoms with E-state index >= 15 is 0 Å². The summed E-state index contributed by atoms with van der Waals surface area (Å²) in [6.07, 6.45) is -0.888. The average Bonchev–Trinajstić information content (AvgIpc) is 2.73. The second-order valence-electron chi connectivity index (χ2n) is 6.85. The number of aliphatic carboxylic acids is 2. The molecular weight excluding hydrogens is 406 g/mol. The van der Waals surface area contributed by atoms with Gasteiger partial charge in [0.1, 0.15) is 24.3 Å². The van der Waals surface area contributed by atoms with Crippen molar-refractivity contribution in [1.29, 1.82) is 0 Å². The number of hydrogen-bond acceptors (Lipinski definition) is 6. The number of nitrogens with one attached hydrogen (secondary N) is 1. The predicted molar refractivity (Wildman–Crippen MR) is 108 cm³/mol. The molecule has 9 nitrogen and oxygen atoms in total. The van der Waals surface area contributed by atoms with Crippen molar-refractivity contribution in [1.82, 2.24) is 5.32 Å². The standard InChI is InChI=1S/C22H23NO8/c24-16-8-6-14(7-9-16)12-18(21(28)29)23-20(27)17(10-11-19(25)26)22(30)31-13-15-4-2-1-3-5-15/h1-9,17-18,24H,10-13H2,(H,23,27)(H,25,26)(H,28,29)/t17-,18-/m0/s1. The lowest BCUT2D eigenvalue weighted by Gasteiger charge is -2.19. The van der Waals surface area contributed by atoms with E-state index in [-0.39, 0.29) is 25.2 Å². The van der Waals surface area contributed by atoms with Crippen LogP contribution in [-0.2, 0) is 36.9 Å². The van der Waals surface area contributed by atoms with E-state index < -0.39 is 42.2 Å². The van der Waals surface area contributed by atoms with Gasteiger partial charge in [0, 0.05) is 12.8 Å². The summed E-state index contributed by atoms with van der Waals surface area (Å²) in [6, 6.07) is 13.1. The number of esters is 1. The molecule has 9 heteroatoms. The highest BCUT2D eigenvalue weighted by molar-refractivity contribution is 5.99. The summed E-state index contributed by atoms with van der Waals surface area (Å²) in [6.45, 7) is -0.105. The van der Waals surface area contributed by atoms with Gasteiger partial charge in [0.25, 0.3) is 0 Å². The van der Waals surface area contributed by atoms with E-state index in [2.05, 4.69) is 5.32 Å². The molecule has 31 heavy (non-hydrogen) atoms. The fraction of sp³-hybridized carbons (Fsp3) is 0.273. The van der Waals surface area contributed by atoms with E-state index in [9.17, 15) is 29.4 Å². The molecule has 164 valence electrons. The molecule has 0 fully saturated rings. The van der Waals surface area contributed by atoms with Crippen LogP contribution in [0.4, 0.5) is 0 Å². The maximum absolute atomic E-state index is 12.7. The zero-order valence-electron chi connectivity index (χ0n) is 16.6. The van der Waals surface area contributed by atoms with Crippen LogP contribution in [0.25, 0.3) is 0 Å². The molecule has 2 atom stereocenters. The molecule has 0 unspecified atom stereocenters. The second kappa shape index (κ2) is 11.3. The summed E-state index contributed by atoms with van der Waals surface area (Å²) in [5.41, 5.74) is 1.23. The van der Waals surface area contributed by atoms with Gasteiger partial charge in [-0.2, -0.15) is 0 Å². The number of hydrogen-bond donors (Lipinski definition) is 4. The van der Waals surface area contributed by atoms with Crippen molar-refractivity contribution in [3.8, 4) is 5.75 Å². The molecule has 2 aromatic carbocycles. The van der Waals surface area contributed by atoms with Crippen LogP contribution in [-0.4, -0.2) is 45.2 Å². The molecule has 0 aliphatic heterocycles. The number of benzene rings is 2. The summed E-state index contributed by atoms with van der Waals surface area (Å²) in [4.78, 5) is 47.7. The summed E-state index contributed by atoms with van der Waals surface area (Å²) >= 11 is 0. The van der Waals surface area contributed by atoms with Crippen LogP contribution in [0, 0.1) is 5.92 Å². The number of aromatic hydroxyl groups is 1. The zero-order valence-corrected chi connectivity index (χ0v) is 16.6. The zero-order chi connectivity index (χ0) is 22.8. The quantitative estimate of drug-likeness (QED) is 0.311. The monoisotopic (exact) mass is 429 g/mol. The molecule has 0 saturated carbocycles. The Labute approximate surface area is 178 Å². The van der Waals surface area contributed by atoms with Crippen molar-refractivity contribution in [2.45, 2.75) is 31.9 Å². The van der Waals surface area contributed by atoms with Crippen LogP contribution in [0.1, 0.15) is 24.0 Å². The number of phenolic OH excluding ortho intramolecular Hbond substituents is 1. The van der Waals surface area contributed by atoms with Gasteiger partial charge in [-0.05, 0) is 29.7 Å². The first-order chi connectivity index (χ1) is 14.8. The largest absolute Gasteiger partial charge is 0.508 e. The summed E-state index contributed by atoms with van der Waals surface area (Å²) in [7, 11) is 0. The van der Waals surface area contributed by atoms with Gasteiger partial charge in [-0.15, -0.1) is 0 Å². The van der Waals surface area contributed by atoms with Crippen molar-refractivity contribution >= 4 is 23.8 Å². The molecule has 0 aliphatic carbocycles. The SMILES string of the molecule is O=C(O)CC[C@@H](C(=O)N[C@@H](Cc1ccc(O)cc1)C(=O)O)C(=O)OCc1ccccc1. The first kappa shape index (κ1) is 23.4. The minimum atomic E-state index is -1.47. The number of carboxylic acid groups (broad SMARTS) is 2. The molecule has 4 N–H and O–H groups in total. The van der Waals surface area contributed by atoms with Gasteiger partial charge < -0.3 is 25.4 Å². The van der Waals surface area contributed by atoms with Gasteiger partial charge in [-0.1, -0.05) is 42.5 Å². The fourth-order valence-corrected chi connectivity index (χ4v) is 2.79. The smallest absolute Gasteiger partial charge is 0.326 e. The number of carbonyl (C=O) groups is 4. The lowest BCUT2D eigenvalue weighted by molar-refractivity contribution is -0.155. The van der Waals surface area contributed by atoms with E-state index in [4.69, 9.17) is 9.84 Å². The van der Waals surface area contributed by atoms with Crippen molar-refractivity contribution in [3.63, 3.8) is 0 Å². The van der Waals surface area contributed by atoms with Gasteiger partial charge >= 0.3 is 17.9 Å². The number of carbonyl (C=O) groups excluding carboxylic acids is 2. The van der Waals surface area contributed by atoms with E-state index in [0.29, 0.717) is 11.1 Å². The van der Waals surface area contributed by atoms with E-state index in [1.54, 1.807) is 30.3 Å². The Morgan fingerprint density at radius 3 is 2.13 bits per heavy atom. The first-order valence-corrected chi connectivity index (χ1v) is 9.49. The van der Waals surface area contributed by atoms with Crippen LogP contribution in [0.2, 0.25) is 0 Å². The van der Waals surface area contributed by atoms with Crippen LogP contribution >= 0.6 is 0 Å². The third-order valence-electron chi connectivity index (χ3n) is 4.46. The van der Waals surface area contributed by atoms with Crippen molar-refractivity contribution in [3.05, 3.63) is 65.7 Å². The highest BCUT2D eigenvalue weighted by atomic mass is 16.5. The van der Waals surface area contributed by atoms with Gasteiger partial charge in [0.2, 0.25) is 5.91 Å². The van der Waals surface area contributed by atoms with Crippen molar-refractivity contribution in [2.75, 3.05) is 0 Å². The maximum Gasteiger partial charge on any atom is 0.326 e. The molecule has 0 aromatic heterocycles. The van der Waals surface area contributed by atoms with Crippen molar-refractivity contribution < 1.29 is 39.2 Å². The topological polar surface area (TPSA) is 150 Å². The van der Waals surface area contributed by atoms with Crippen molar-refractivity contribution in [2.24, 2.45) is 5.92 Å². The Bertz CT molecular complexity index is 911. The molecule has 0 radical (unpaired) electrons. The van der Waals surface area contributed by atoms with Gasteiger partial charge in [0.15, 0.2) is 0 Å². The van der Waals surface area contributed by atoms with Crippen LogP contribution < -0.4 is 5.32 Å². The number of carboxylic acids is 2.